The Morgan fingerprint density at radius 1 is 1.89 bits per heavy atom. The number of carbonyl (C=O) groups is 1. The maximum Gasteiger partial charge on any atom is 0.247 e. The van der Waals surface area contributed by atoms with Gasteiger partial charge in [-0.3, -0.25) is 10.1 Å². The van der Waals surface area contributed by atoms with Crippen LogP contribution in [0.3, 0.4) is 0 Å². The van der Waals surface area contributed by atoms with Gasteiger partial charge in [-0.05, 0) is 6.92 Å². The number of carbonyl (C=O) groups excluding carboxylic acids is 1. The first kappa shape index (κ1) is 6.89. The number of amides is 1. The SMILES string of the molecule is CC1(C(N)=O)NCCS1. The lowest BCUT2D eigenvalue weighted by Crippen LogP contribution is -2.46. The van der Waals surface area contributed by atoms with Crippen LogP contribution in [0.1, 0.15) is 6.92 Å². The fraction of sp³-hybridized carbons (Fsp3) is 0.800. The van der Waals surface area contributed by atoms with Gasteiger partial charge < -0.3 is 5.73 Å². The van der Waals surface area contributed by atoms with Crippen molar-refractivity contribution in [3.8, 4) is 0 Å². The van der Waals surface area contributed by atoms with E-state index in [1.807, 2.05) is 6.92 Å². The van der Waals surface area contributed by atoms with Crippen molar-refractivity contribution in [2.24, 2.45) is 5.73 Å². The van der Waals surface area contributed by atoms with Crippen molar-refractivity contribution in [3.63, 3.8) is 0 Å². The number of hydrogen-bond acceptors (Lipinski definition) is 3. The third-order valence-electron chi connectivity index (χ3n) is 1.43. The van der Waals surface area contributed by atoms with E-state index in [4.69, 9.17) is 5.73 Å². The molecule has 0 aromatic heterocycles. The molecule has 1 fully saturated rings. The van der Waals surface area contributed by atoms with Crippen LogP contribution in [0.5, 0.6) is 0 Å². The van der Waals surface area contributed by atoms with Crippen LogP contribution in [0.15, 0.2) is 0 Å². The Hall–Kier alpha value is -0.220. The zero-order valence-corrected chi connectivity index (χ0v) is 6.12. The molecule has 4 heteroatoms. The maximum absolute atomic E-state index is 10.7. The normalized spacial score (nSPS) is 34.8. The van der Waals surface area contributed by atoms with E-state index in [0.717, 1.165) is 12.3 Å². The van der Waals surface area contributed by atoms with Gasteiger partial charge in [0.25, 0.3) is 0 Å². The lowest BCUT2D eigenvalue weighted by Gasteiger charge is -2.17. The zero-order chi connectivity index (χ0) is 6.91. The van der Waals surface area contributed by atoms with Crippen molar-refractivity contribution in [3.05, 3.63) is 0 Å². The Balaban J connectivity index is 2.61. The van der Waals surface area contributed by atoms with E-state index < -0.39 is 4.87 Å². The molecule has 1 saturated heterocycles. The number of rotatable bonds is 1. The van der Waals surface area contributed by atoms with Gasteiger partial charge in [0.2, 0.25) is 5.91 Å². The van der Waals surface area contributed by atoms with E-state index in [1.165, 1.54) is 0 Å². The standard InChI is InChI=1S/C5H10N2OS/c1-5(4(6)8)7-2-3-9-5/h7H,2-3H2,1H3,(H2,6,8). The maximum atomic E-state index is 10.7. The first-order chi connectivity index (χ1) is 4.15. The zero-order valence-electron chi connectivity index (χ0n) is 5.31. The molecule has 0 saturated carbocycles. The Kier molecular flexibility index (Phi) is 1.68. The van der Waals surface area contributed by atoms with Crippen molar-refractivity contribution < 1.29 is 4.79 Å². The van der Waals surface area contributed by atoms with Gasteiger partial charge in [0.05, 0.1) is 0 Å². The van der Waals surface area contributed by atoms with Crippen molar-refractivity contribution in [2.45, 2.75) is 11.8 Å². The number of nitrogens with two attached hydrogens (primary N) is 1. The highest BCUT2D eigenvalue weighted by Crippen LogP contribution is 2.25. The van der Waals surface area contributed by atoms with Gasteiger partial charge in [-0.15, -0.1) is 11.8 Å². The number of hydrogen-bond donors (Lipinski definition) is 2. The van der Waals surface area contributed by atoms with Crippen molar-refractivity contribution in [1.29, 1.82) is 0 Å². The molecule has 1 amide bonds. The van der Waals surface area contributed by atoms with Crippen molar-refractivity contribution >= 4 is 17.7 Å². The summed E-state index contributed by atoms with van der Waals surface area (Å²) in [6.45, 7) is 2.69. The lowest BCUT2D eigenvalue weighted by molar-refractivity contribution is -0.120. The van der Waals surface area contributed by atoms with Crippen LogP contribution in [0.4, 0.5) is 0 Å². The minimum absolute atomic E-state index is 0.273. The molecule has 1 atom stereocenters. The van der Waals surface area contributed by atoms with Crippen LogP contribution in [0.25, 0.3) is 0 Å². The van der Waals surface area contributed by atoms with Crippen LogP contribution in [0, 0.1) is 0 Å². The van der Waals surface area contributed by atoms with Gasteiger partial charge in [-0.2, -0.15) is 0 Å². The molecule has 1 heterocycles. The number of nitrogens with one attached hydrogen (secondary N) is 1. The molecule has 1 aliphatic rings. The Morgan fingerprint density at radius 3 is 2.78 bits per heavy atom. The topological polar surface area (TPSA) is 55.1 Å². The average Bonchev–Trinajstić information content (AvgIpc) is 2.16. The summed E-state index contributed by atoms with van der Waals surface area (Å²) >= 11 is 1.57. The lowest BCUT2D eigenvalue weighted by atomic mass is 10.3. The van der Waals surface area contributed by atoms with E-state index in [0.29, 0.717) is 0 Å². The molecule has 0 bridgehead atoms. The van der Waals surface area contributed by atoms with Crippen LogP contribution in [0.2, 0.25) is 0 Å². The molecule has 9 heavy (non-hydrogen) atoms. The molecule has 0 aromatic rings. The van der Waals surface area contributed by atoms with Crippen LogP contribution >= 0.6 is 11.8 Å². The summed E-state index contributed by atoms with van der Waals surface area (Å²) in [6, 6.07) is 0. The van der Waals surface area contributed by atoms with Crippen molar-refractivity contribution in [1.82, 2.24) is 5.32 Å². The van der Waals surface area contributed by atoms with Crippen molar-refractivity contribution in [2.75, 3.05) is 12.3 Å². The first-order valence-corrected chi connectivity index (χ1v) is 3.82. The first-order valence-electron chi connectivity index (χ1n) is 2.84. The molecule has 52 valence electrons. The fourth-order valence-electron chi connectivity index (χ4n) is 0.754. The predicted octanol–water partition coefficient (Wildman–Crippen LogP) is -0.476. The van der Waals surface area contributed by atoms with E-state index in [-0.39, 0.29) is 5.91 Å². The molecule has 0 aromatic carbocycles. The third-order valence-corrected chi connectivity index (χ3v) is 2.76. The summed E-state index contributed by atoms with van der Waals surface area (Å²) in [4.78, 5) is 10.2. The van der Waals surface area contributed by atoms with Gasteiger partial charge in [0.15, 0.2) is 0 Å². The molecule has 3 N–H and O–H groups in total. The molecule has 1 aliphatic heterocycles. The van der Waals surface area contributed by atoms with Gasteiger partial charge in [-0.25, -0.2) is 0 Å². The molecular weight excluding hydrogens is 136 g/mol. The molecular formula is C5H10N2OS. The smallest absolute Gasteiger partial charge is 0.247 e. The minimum Gasteiger partial charge on any atom is -0.367 e. The second-order valence-electron chi connectivity index (χ2n) is 2.17. The molecule has 1 rings (SSSR count). The summed E-state index contributed by atoms with van der Waals surface area (Å²) in [6.07, 6.45) is 0. The minimum atomic E-state index is -0.500. The van der Waals surface area contributed by atoms with E-state index in [1.54, 1.807) is 11.8 Å². The Bertz CT molecular complexity index is 131. The van der Waals surface area contributed by atoms with Gasteiger partial charge >= 0.3 is 0 Å². The second-order valence-corrected chi connectivity index (χ2v) is 3.69. The summed E-state index contributed by atoms with van der Waals surface area (Å²) in [5, 5.41) is 3.02. The monoisotopic (exact) mass is 146 g/mol. The summed E-state index contributed by atoms with van der Waals surface area (Å²) in [7, 11) is 0. The number of thioether (sulfide) groups is 1. The third kappa shape index (κ3) is 1.19. The summed E-state index contributed by atoms with van der Waals surface area (Å²) in [5.41, 5.74) is 5.11. The summed E-state index contributed by atoms with van der Waals surface area (Å²) in [5.74, 6) is 0.699. The average molecular weight is 146 g/mol. The highest BCUT2D eigenvalue weighted by molar-refractivity contribution is 8.01. The van der Waals surface area contributed by atoms with Gasteiger partial charge in [0.1, 0.15) is 4.87 Å². The quantitative estimate of drug-likeness (QED) is 0.525. The summed E-state index contributed by atoms with van der Waals surface area (Å²) < 4.78 is 0. The second kappa shape index (κ2) is 2.19. The van der Waals surface area contributed by atoms with Crippen LogP contribution in [-0.4, -0.2) is 23.1 Å². The molecule has 3 nitrogen and oxygen atoms in total. The Morgan fingerprint density at radius 2 is 2.56 bits per heavy atom. The highest BCUT2D eigenvalue weighted by Gasteiger charge is 2.34. The highest BCUT2D eigenvalue weighted by atomic mass is 32.2. The number of primary amides is 1. The molecule has 0 aliphatic carbocycles. The van der Waals surface area contributed by atoms with E-state index in [9.17, 15) is 4.79 Å². The largest absolute Gasteiger partial charge is 0.367 e. The fourth-order valence-corrected chi connectivity index (χ4v) is 1.71. The van der Waals surface area contributed by atoms with Gasteiger partial charge in [-0.1, -0.05) is 0 Å². The Labute approximate surface area is 58.4 Å². The molecule has 0 spiro atoms. The molecule has 1 unspecified atom stereocenters. The van der Waals surface area contributed by atoms with Gasteiger partial charge in [0, 0.05) is 12.3 Å². The predicted molar refractivity (Wildman–Crippen MR) is 38.1 cm³/mol. The van der Waals surface area contributed by atoms with E-state index >= 15 is 0 Å². The molecule has 0 radical (unpaired) electrons. The van der Waals surface area contributed by atoms with Crippen LogP contribution in [-0.2, 0) is 4.79 Å². The van der Waals surface area contributed by atoms with Crippen LogP contribution < -0.4 is 11.1 Å². The van der Waals surface area contributed by atoms with E-state index in [2.05, 4.69) is 5.32 Å².